The molecule has 0 fully saturated rings. The number of hydrogen-bond donors (Lipinski definition) is 2. The summed E-state index contributed by atoms with van der Waals surface area (Å²) in [5, 5.41) is 2.75. The number of carbonyl (C=O) groups is 1. The number of alkyl halides is 3. The van der Waals surface area contributed by atoms with Gasteiger partial charge in [-0.15, -0.1) is 12.4 Å². The van der Waals surface area contributed by atoms with Crippen molar-refractivity contribution in [1.29, 1.82) is 0 Å². The predicted molar refractivity (Wildman–Crippen MR) is 83.0 cm³/mol. The monoisotopic (exact) mass is 338 g/mol. The highest BCUT2D eigenvalue weighted by Gasteiger charge is 2.31. The highest BCUT2D eigenvalue weighted by atomic mass is 35.5. The predicted octanol–water partition coefficient (Wildman–Crippen LogP) is 3.48. The first kappa shape index (κ1) is 20.7. The summed E-state index contributed by atoms with van der Waals surface area (Å²) in [5.74, 6) is -0.806. The van der Waals surface area contributed by atoms with Gasteiger partial charge in [-0.2, -0.15) is 13.2 Å². The molecule has 126 valence electrons. The van der Waals surface area contributed by atoms with Crippen LogP contribution in [0.25, 0.3) is 0 Å². The second-order valence-corrected chi connectivity index (χ2v) is 4.87. The molecule has 1 aromatic rings. The highest BCUT2D eigenvalue weighted by Crippen LogP contribution is 2.31. The minimum atomic E-state index is -4.40. The molecule has 1 aromatic carbocycles. The van der Waals surface area contributed by atoms with E-state index in [1.807, 2.05) is 0 Å². The molecule has 1 unspecified atom stereocenters. The lowest BCUT2D eigenvalue weighted by Gasteiger charge is -2.17. The van der Waals surface area contributed by atoms with Gasteiger partial charge >= 0.3 is 6.18 Å². The van der Waals surface area contributed by atoms with E-state index in [1.165, 1.54) is 6.07 Å². The molecule has 0 bridgehead atoms. The summed E-state index contributed by atoms with van der Waals surface area (Å²) in [6, 6.07) is 4.95. The zero-order valence-corrected chi connectivity index (χ0v) is 13.3. The van der Waals surface area contributed by atoms with Crippen molar-refractivity contribution in [2.45, 2.75) is 38.3 Å². The lowest BCUT2D eigenvalue weighted by atomic mass is 9.94. The van der Waals surface area contributed by atoms with E-state index in [4.69, 9.17) is 5.73 Å². The van der Waals surface area contributed by atoms with E-state index in [0.29, 0.717) is 25.1 Å². The maximum atomic E-state index is 12.7. The van der Waals surface area contributed by atoms with E-state index in [1.54, 1.807) is 13.0 Å². The van der Waals surface area contributed by atoms with Gasteiger partial charge in [-0.3, -0.25) is 4.79 Å². The van der Waals surface area contributed by atoms with E-state index in [2.05, 4.69) is 5.32 Å². The quantitative estimate of drug-likeness (QED) is 0.748. The van der Waals surface area contributed by atoms with Gasteiger partial charge in [-0.25, -0.2) is 0 Å². The molecule has 0 heterocycles. The van der Waals surface area contributed by atoms with Gasteiger partial charge in [0.2, 0.25) is 5.91 Å². The summed E-state index contributed by atoms with van der Waals surface area (Å²) in [6.45, 7) is 2.83. The second kappa shape index (κ2) is 9.69. The van der Waals surface area contributed by atoms with E-state index in [-0.39, 0.29) is 18.3 Å². The third-order valence-electron chi connectivity index (χ3n) is 3.27. The SMILES string of the molecule is CCC(C(=O)NCCCCN)c1cccc(C(F)(F)F)c1.Cl. The summed E-state index contributed by atoms with van der Waals surface area (Å²) >= 11 is 0. The molecule has 0 aliphatic rings. The first-order chi connectivity index (χ1) is 9.90. The average Bonchev–Trinajstić information content (AvgIpc) is 2.44. The number of benzene rings is 1. The zero-order chi connectivity index (χ0) is 15.9. The van der Waals surface area contributed by atoms with Crippen molar-refractivity contribution in [3.63, 3.8) is 0 Å². The van der Waals surface area contributed by atoms with Crippen LogP contribution in [0.15, 0.2) is 24.3 Å². The topological polar surface area (TPSA) is 55.1 Å². The first-order valence-electron chi connectivity index (χ1n) is 7.05. The lowest BCUT2D eigenvalue weighted by Crippen LogP contribution is -2.30. The molecule has 0 saturated carbocycles. The van der Waals surface area contributed by atoms with Crippen LogP contribution in [0.3, 0.4) is 0 Å². The normalized spacial score (nSPS) is 12.4. The van der Waals surface area contributed by atoms with E-state index < -0.39 is 17.7 Å². The van der Waals surface area contributed by atoms with Crippen molar-refractivity contribution in [1.82, 2.24) is 5.32 Å². The van der Waals surface area contributed by atoms with Crippen LogP contribution in [0.1, 0.15) is 43.2 Å². The molecule has 7 heteroatoms. The van der Waals surface area contributed by atoms with Crippen molar-refractivity contribution in [3.8, 4) is 0 Å². The fourth-order valence-electron chi connectivity index (χ4n) is 2.11. The Bertz CT molecular complexity index is 466. The van der Waals surface area contributed by atoms with Crippen molar-refractivity contribution in [3.05, 3.63) is 35.4 Å². The fraction of sp³-hybridized carbons (Fsp3) is 0.533. The molecule has 0 spiro atoms. The maximum Gasteiger partial charge on any atom is 0.416 e. The number of carbonyl (C=O) groups excluding carboxylic acids is 1. The lowest BCUT2D eigenvalue weighted by molar-refractivity contribution is -0.137. The molecule has 3 N–H and O–H groups in total. The molecular weight excluding hydrogens is 317 g/mol. The Kier molecular flexibility index (Phi) is 9.13. The van der Waals surface area contributed by atoms with E-state index in [9.17, 15) is 18.0 Å². The Hall–Kier alpha value is -1.27. The molecular formula is C15H22ClF3N2O. The molecule has 0 saturated heterocycles. The van der Waals surface area contributed by atoms with Crippen LogP contribution in [0, 0.1) is 0 Å². The number of nitrogens with one attached hydrogen (secondary N) is 1. The number of amides is 1. The maximum absolute atomic E-state index is 12.7. The van der Waals surface area contributed by atoms with Gasteiger partial charge in [0, 0.05) is 6.54 Å². The molecule has 0 aromatic heterocycles. The molecule has 0 radical (unpaired) electrons. The Morgan fingerprint density at radius 2 is 2.00 bits per heavy atom. The Labute approximate surface area is 134 Å². The minimum absolute atomic E-state index is 0. The van der Waals surface area contributed by atoms with Gasteiger partial charge < -0.3 is 11.1 Å². The third-order valence-corrected chi connectivity index (χ3v) is 3.27. The number of halogens is 4. The van der Waals surface area contributed by atoms with Crippen LogP contribution in [0.2, 0.25) is 0 Å². The molecule has 0 aliphatic heterocycles. The number of hydrogen-bond acceptors (Lipinski definition) is 2. The summed E-state index contributed by atoms with van der Waals surface area (Å²) in [6.07, 6.45) is -2.38. The van der Waals surface area contributed by atoms with Crippen molar-refractivity contribution < 1.29 is 18.0 Å². The van der Waals surface area contributed by atoms with Gasteiger partial charge in [0.15, 0.2) is 0 Å². The third kappa shape index (κ3) is 6.23. The van der Waals surface area contributed by atoms with Crippen LogP contribution in [-0.2, 0) is 11.0 Å². The van der Waals surface area contributed by atoms with Crippen molar-refractivity contribution >= 4 is 18.3 Å². The van der Waals surface area contributed by atoms with E-state index in [0.717, 1.165) is 25.0 Å². The molecule has 0 aliphatic carbocycles. The van der Waals surface area contributed by atoms with Crippen molar-refractivity contribution in [2.24, 2.45) is 5.73 Å². The van der Waals surface area contributed by atoms with Crippen LogP contribution in [-0.4, -0.2) is 19.0 Å². The van der Waals surface area contributed by atoms with Crippen LogP contribution in [0.4, 0.5) is 13.2 Å². The average molecular weight is 339 g/mol. The molecule has 1 atom stereocenters. The van der Waals surface area contributed by atoms with Gasteiger partial charge in [0.1, 0.15) is 0 Å². The highest BCUT2D eigenvalue weighted by molar-refractivity contribution is 5.85. The molecule has 22 heavy (non-hydrogen) atoms. The number of rotatable bonds is 7. The number of nitrogens with two attached hydrogens (primary N) is 1. The summed E-state index contributed by atoms with van der Waals surface area (Å²) in [5.41, 5.74) is 5.03. The molecule has 3 nitrogen and oxygen atoms in total. The van der Waals surface area contributed by atoms with E-state index >= 15 is 0 Å². The van der Waals surface area contributed by atoms with Gasteiger partial charge in [0.25, 0.3) is 0 Å². The largest absolute Gasteiger partial charge is 0.416 e. The van der Waals surface area contributed by atoms with Crippen LogP contribution in [0.5, 0.6) is 0 Å². The van der Waals surface area contributed by atoms with Gasteiger partial charge in [-0.1, -0.05) is 25.1 Å². The Morgan fingerprint density at radius 3 is 2.55 bits per heavy atom. The fourth-order valence-corrected chi connectivity index (χ4v) is 2.11. The Morgan fingerprint density at radius 1 is 1.32 bits per heavy atom. The minimum Gasteiger partial charge on any atom is -0.356 e. The number of unbranched alkanes of at least 4 members (excludes halogenated alkanes) is 1. The Balaban J connectivity index is 0.00000441. The second-order valence-electron chi connectivity index (χ2n) is 4.87. The molecule has 1 amide bonds. The molecule has 1 rings (SSSR count). The summed E-state index contributed by atoms with van der Waals surface area (Å²) in [4.78, 5) is 12.1. The first-order valence-corrected chi connectivity index (χ1v) is 7.05. The van der Waals surface area contributed by atoms with Crippen LogP contribution < -0.4 is 11.1 Å². The smallest absolute Gasteiger partial charge is 0.356 e. The van der Waals surface area contributed by atoms with Crippen molar-refractivity contribution in [2.75, 3.05) is 13.1 Å². The standard InChI is InChI=1S/C15H21F3N2O.ClH/c1-2-13(14(21)20-9-4-3-8-19)11-6-5-7-12(10-11)15(16,17)18;/h5-7,10,13H,2-4,8-9,19H2,1H3,(H,20,21);1H. The van der Waals surface area contributed by atoms with Gasteiger partial charge in [-0.05, 0) is 37.4 Å². The summed E-state index contributed by atoms with van der Waals surface area (Å²) in [7, 11) is 0. The summed E-state index contributed by atoms with van der Waals surface area (Å²) < 4.78 is 38.1. The van der Waals surface area contributed by atoms with Crippen LogP contribution >= 0.6 is 12.4 Å². The van der Waals surface area contributed by atoms with Gasteiger partial charge in [0.05, 0.1) is 11.5 Å². The zero-order valence-electron chi connectivity index (χ0n) is 12.5.